The highest BCUT2D eigenvalue weighted by atomic mass is 16.6. The molecule has 2 aliphatic rings. The van der Waals surface area contributed by atoms with Gasteiger partial charge in [-0.25, -0.2) is 4.79 Å². The molecule has 2 saturated heterocycles. The van der Waals surface area contributed by atoms with Gasteiger partial charge in [-0.15, -0.1) is 0 Å². The van der Waals surface area contributed by atoms with Gasteiger partial charge in [0.05, 0.1) is 6.10 Å². The predicted molar refractivity (Wildman–Crippen MR) is 74.2 cm³/mol. The summed E-state index contributed by atoms with van der Waals surface area (Å²) in [4.78, 5) is 15.8. The molecule has 1 aromatic rings. The summed E-state index contributed by atoms with van der Waals surface area (Å²) in [5, 5.41) is 9.51. The van der Waals surface area contributed by atoms with Crippen LogP contribution in [0.1, 0.15) is 12.0 Å². The molecule has 0 bridgehead atoms. The zero-order valence-corrected chi connectivity index (χ0v) is 11.4. The Morgan fingerprint density at radius 3 is 2.65 bits per heavy atom. The van der Waals surface area contributed by atoms with Crippen molar-refractivity contribution in [3.05, 3.63) is 35.9 Å². The summed E-state index contributed by atoms with van der Waals surface area (Å²) in [5.41, 5.74) is 1.00. The van der Waals surface area contributed by atoms with Crippen molar-refractivity contribution in [3.8, 4) is 0 Å². The van der Waals surface area contributed by atoms with Crippen LogP contribution < -0.4 is 0 Å². The number of hydrogen-bond donors (Lipinski definition) is 1. The maximum atomic E-state index is 11.9. The number of benzene rings is 1. The SMILES string of the molecule is O=C(OCc1ccccc1)N1CC(N2CC[C@H](O)C2)C1. The third-order valence-electron chi connectivity index (χ3n) is 4.04. The van der Waals surface area contributed by atoms with E-state index in [2.05, 4.69) is 4.90 Å². The van der Waals surface area contributed by atoms with Crippen LogP contribution in [0.15, 0.2) is 30.3 Å². The molecule has 2 heterocycles. The summed E-state index contributed by atoms with van der Waals surface area (Å²) in [7, 11) is 0. The van der Waals surface area contributed by atoms with E-state index in [1.54, 1.807) is 4.90 Å². The minimum atomic E-state index is -0.246. The number of ether oxygens (including phenoxy) is 1. The van der Waals surface area contributed by atoms with Crippen LogP contribution in [-0.4, -0.2) is 59.3 Å². The molecule has 108 valence electrons. The van der Waals surface area contributed by atoms with Gasteiger partial charge in [-0.3, -0.25) is 4.90 Å². The number of nitrogens with zero attached hydrogens (tertiary/aromatic N) is 2. The molecular weight excluding hydrogens is 256 g/mol. The van der Waals surface area contributed by atoms with Crippen molar-refractivity contribution in [1.82, 2.24) is 9.80 Å². The molecule has 1 amide bonds. The van der Waals surface area contributed by atoms with Gasteiger partial charge in [0.15, 0.2) is 0 Å². The highest BCUT2D eigenvalue weighted by Gasteiger charge is 2.38. The molecule has 0 spiro atoms. The van der Waals surface area contributed by atoms with Gasteiger partial charge >= 0.3 is 6.09 Å². The topological polar surface area (TPSA) is 53.0 Å². The molecule has 2 aliphatic heterocycles. The molecule has 0 unspecified atom stereocenters. The summed E-state index contributed by atoms with van der Waals surface area (Å²) < 4.78 is 5.28. The molecule has 0 aromatic heterocycles. The number of carbonyl (C=O) groups is 1. The number of carbonyl (C=O) groups excluding carboxylic acids is 1. The quantitative estimate of drug-likeness (QED) is 0.897. The summed E-state index contributed by atoms with van der Waals surface area (Å²) in [6, 6.07) is 10.1. The maximum absolute atomic E-state index is 11.9. The molecule has 0 radical (unpaired) electrons. The second kappa shape index (κ2) is 5.81. The lowest BCUT2D eigenvalue weighted by molar-refractivity contribution is 0.0229. The van der Waals surface area contributed by atoms with E-state index >= 15 is 0 Å². The lowest BCUT2D eigenvalue weighted by Gasteiger charge is -2.43. The van der Waals surface area contributed by atoms with Gasteiger partial charge in [0.25, 0.3) is 0 Å². The minimum Gasteiger partial charge on any atom is -0.445 e. The number of β-amino-alcohol motifs (C(OH)–C–C–N with tert-alkyl or cyclic N) is 1. The Bertz CT molecular complexity index is 459. The lowest BCUT2D eigenvalue weighted by Crippen LogP contribution is -2.60. The van der Waals surface area contributed by atoms with Gasteiger partial charge in [-0.2, -0.15) is 0 Å². The summed E-state index contributed by atoms with van der Waals surface area (Å²) in [5.74, 6) is 0. The maximum Gasteiger partial charge on any atom is 0.410 e. The molecular formula is C15H20N2O3. The van der Waals surface area contributed by atoms with Gasteiger partial charge in [0.1, 0.15) is 6.61 Å². The van der Waals surface area contributed by atoms with Crippen LogP contribution >= 0.6 is 0 Å². The smallest absolute Gasteiger partial charge is 0.410 e. The number of aliphatic hydroxyl groups excluding tert-OH is 1. The molecule has 20 heavy (non-hydrogen) atoms. The molecule has 3 rings (SSSR count). The fourth-order valence-corrected chi connectivity index (χ4v) is 2.75. The fraction of sp³-hybridized carbons (Fsp3) is 0.533. The Hall–Kier alpha value is -1.59. The fourth-order valence-electron chi connectivity index (χ4n) is 2.75. The third-order valence-corrected chi connectivity index (χ3v) is 4.04. The number of amides is 1. The van der Waals surface area contributed by atoms with Crippen LogP contribution in [0.3, 0.4) is 0 Å². The summed E-state index contributed by atoms with van der Waals surface area (Å²) in [6.45, 7) is 3.40. The van der Waals surface area contributed by atoms with Crippen LogP contribution in [-0.2, 0) is 11.3 Å². The number of hydrogen-bond acceptors (Lipinski definition) is 4. The van der Waals surface area contributed by atoms with Gasteiger partial charge in [-0.05, 0) is 12.0 Å². The van der Waals surface area contributed by atoms with Crippen LogP contribution in [0.5, 0.6) is 0 Å². The average Bonchev–Trinajstić information content (AvgIpc) is 2.82. The minimum absolute atomic E-state index is 0.200. The monoisotopic (exact) mass is 276 g/mol. The Morgan fingerprint density at radius 1 is 1.25 bits per heavy atom. The first-order valence-electron chi connectivity index (χ1n) is 7.10. The second-order valence-corrected chi connectivity index (χ2v) is 5.54. The van der Waals surface area contributed by atoms with Crippen molar-refractivity contribution in [3.63, 3.8) is 0 Å². The van der Waals surface area contributed by atoms with E-state index in [-0.39, 0.29) is 12.2 Å². The Kier molecular flexibility index (Phi) is 3.89. The first kappa shape index (κ1) is 13.4. The Labute approximate surface area is 118 Å². The van der Waals surface area contributed by atoms with Crippen LogP contribution in [0.25, 0.3) is 0 Å². The number of aliphatic hydroxyl groups is 1. The van der Waals surface area contributed by atoms with Gasteiger partial charge < -0.3 is 14.7 Å². The molecule has 0 saturated carbocycles. The van der Waals surface area contributed by atoms with Crippen molar-refractivity contribution in [1.29, 1.82) is 0 Å². The number of likely N-dealkylation sites (tertiary alicyclic amines) is 2. The van der Waals surface area contributed by atoms with Crippen molar-refractivity contribution in [2.24, 2.45) is 0 Å². The molecule has 5 heteroatoms. The molecule has 1 N–H and O–H groups in total. The number of rotatable bonds is 3. The predicted octanol–water partition coefficient (Wildman–Crippen LogP) is 1.07. The molecule has 2 fully saturated rings. The largest absolute Gasteiger partial charge is 0.445 e. The van der Waals surface area contributed by atoms with E-state index in [4.69, 9.17) is 4.74 Å². The normalized spacial score (nSPS) is 23.6. The van der Waals surface area contributed by atoms with Gasteiger partial charge in [-0.1, -0.05) is 30.3 Å². The Morgan fingerprint density at radius 2 is 2.00 bits per heavy atom. The van der Waals surface area contributed by atoms with Gasteiger partial charge in [0.2, 0.25) is 0 Å². The molecule has 1 aromatic carbocycles. The third kappa shape index (κ3) is 2.94. The van der Waals surface area contributed by atoms with E-state index in [0.717, 1.165) is 25.1 Å². The first-order chi connectivity index (χ1) is 9.72. The van der Waals surface area contributed by atoms with Crippen molar-refractivity contribution >= 4 is 6.09 Å². The van der Waals surface area contributed by atoms with E-state index in [1.165, 1.54) is 0 Å². The lowest BCUT2D eigenvalue weighted by atomic mass is 10.1. The molecule has 5 nitrogen and oxygen atoms in total. The zero-order valence-electron chi connectivity index (χ0n) is 11.4. The van der Waals surface area contributed by atoms with Crippen molar-refractivity contribution < 1.29 is 14.6 Å². The highest BCUT2D eigenvalue weighted by Crippen LogP contribution is 2.21. The van der Waals surface area contributed by atoms with Crippen molar-refractivity contribution in [2.75, 3.05) is 26.2 Å². The molecule has 0 aliphatic carbocycles. The van der Waals surface area contributed by atoms with E-state index in [0.29, 0.717) is 25.7 Å². The van der Waals surface area contributed by atoms with E-state index < -0.39 is 0 Å². The zero-order chi connectivity index (χ0) is 13.9. The summed E-state index contributed by atoms with van der Waals surface area (Å²) in [6.07, 6.45) is 0.397. The van der Waals surface area contributed by atoms with Crippen LogP contribution in [0, 0.1) is 0 Å². The first-order valence-corrected chi connectivity index (χ1v) is 7.10. The highest BCUT2D eigenvalue weighted by molar-refractivity contribution is 5.68. The van der Waals surface area contributed by atoms with Gasteiger partial charge in [0, 0.05) is 32.2 Å². The molecule has 1 atom stereocenters. The van der Waals surface area contributed by atoms with Crippen LogP contribution in [0.4, 0.5) is 4.79 Å². The van der Waals surface area contributed by atoms with E-state index in [9.17, 15) is 9.90 Å². The average molecular weight is 276 g/mol. The van der Waals surface area contributed by atoms with Crippen LogP contribution in [0.2, 0.25) is 0 Å². The Balaban J connectivity index is 1.40. The standard InChI is InChI=1S/C15H20N2O3/c18-14-6-7-16(10-14)13-8-17(9-13)15(19)20-11-12-4-2-1-3-5-12/h1-5,13-14,18H,6-11H2/t14-/m0/s1. The van der Waals surface area contributed by atoms with E-state index in [1.807, 2.05) is 30.3 Å². The van der Waals surface area contributed by atoms with Crippen molar-refractivity contribution in [2.45, 2.75) is 25.2 Å². The second-order valence-electron chi connectivity index (χ2n) is 5.54. The summed E-state index contributed by atoms with van der Waals surface area (Å²) >= 11 is 0.